The molecule has 1 spiro atoms. The number of fused-ring (bicyclic) bond motifs is 4. The van der Waals surface area contributed by atoms with Crippen molar-refractivity contribution in [3.8, 4) is 17.2 Å². The first kappa shape index (κ1) is 18.7. The first-order chi connectivity index (χ1) is 16.0. The molecule has 33 heavy (non-hydrogen) atoms. The lowest BCUT2D eigenvalue weighted by molar-refractivity contribution is -0.173. The number of para-hydroxylation sites is 1. The summed E-state index contributed by atoms with van der Waals surface area (Å²) >= 11 is 0. The highest BCUT2D eigenvalue weighted by Gasteiger charge is 2.72. The van der Waals surface area contributed by atoms with E-state index in [9.17, 15) is 10.2 Å². The van der Waals surface area contributed by atoms with Crippen molar-refractivity contribution in [2.45, 2.75) is 55.3 Å². The van der Waals surface area contributed by atoms with Gasteiger partial charge in [0.1, 0.15) is 5.75 Å². The van der Waals surface area contributed by atoms with Crippen molar-refractivity contribution < 1.29 is 19.7 Å². The molecule has 3 heterocycles. The van der Waals surface area contributed by atoms with E-state index in [0.717, 1.165) is 65.3 Å². The lowest BCUT2D eigenvalue weighted by Gasteiger charge is -2.62. The summed E-state index contributed by atoms with van der Waals surface area (Å²) in [6.07, 6.45) is 4.46. The van der Waals surface area contributed by atoms with Gasteiger partial charge in [0.15, 0.2) is 17.6 Å². The van der Waals surface area contributed by atoms with Gasteiger partial charge in [-0.15, -0.1) is 0 Å². The number of likely N-dealkylation sites (tertiary alicyclic amines) is 1. The molecule has 1 saturated carbocycles. The number of aromatic hydroxyl groups is 1. The monoisotopic (exact) mass is 444 g/mol. The molecule has 2 bridgehead atoms. The standard InChI is InChI=1S/C27H28N2O4/c1-32-19-4-2-3-16-17-12-27(31)20-11-15-7-8-18(30)24-21(15)26(27,9-10-29(20)13-14-5-6-14)25(33-24)23(17)28-22(16)19/h2-4,7-8,14,20,25,28,30-31H,5-6,9-13H2,1H3/t20-,25+,26+,27-/m1/s1. The molecule has 8 rings (SSSR count). The van der Waals surface area contributed by atoms with Crippen LogP contribution in [-0.2, 0) is 18.3 Å². The number of rotatable bonds is 3. The number of H-pyrrole nitrogens is 1. The second kappa shape index (κ2) is 5.86. The van der Waals surface area contributed by atoms with Crippen molar-refractivity contribution in [1.29, 1.82) is 0 Å². The van der Waals surface area contributed by atoms with E-state index in [0.29, 0.717) is 12.2 Å². The minimum Gasteiger partial charge on any atom is -0.504 e. The van der Waals surface area contributed by atoms with Crippen LogP contribution in [0.3, 0.4) is 0 Å². The molecule has 6 heteroatoms. The van der Waals surface area contributed by atoms with Gasteiger partial charge in [-0.3, -0.25) is 4.90 Å². The van der Waals surface area contributed by atoms with Gasteiger partial charge in [-0.05, 0) is 61.4 Å². The van der Waals surface area contributed by atoms with Gasteiger partial charge in [0.25, 0.3) is 0 Å². The average Bonchev–Trinajstić information content (AvgIpc) is 3.44. The zero-order chi connectivity index (χ0) is 22.1. The zero-order valence-electron chi connectivity index (χ0n) is 18.7. The van der Waals surface area contributed by atoms with E-state index in [1.165, 1.54) is 18.4 Å². The van der Waals surface area contributed by atoms with Crippen LogP contribution in [0.1, 0.15) is 47.8 Å². The molecule has 5 aliphatic rings. The maximum absolute atomic E-state index is 12.8. The zero-order valence-corrected chi connectivity index (χ0v) is 18.7. The van der Waals surface area contributed by atoms with E-state index in [-0.39, 0.29) is 17.9 Å². The van der Waals surface area contributed by atoms with Crippen LogP contribution in [0.2, 0.25) is 0 Å². The minimum atomic E-state index is -0.956. The molecule has 4 atom stereocenters. The molecule has 3 aliphatic carbocycles. The second-order valence-electron chi connectivity index (χ2n) is 10.8. The molecule has 0 radical (unpaired) electrons. The third-order valence-electron chi connectivity index (χ3n) is 9.38. The first-order valence-corrected chi connectivity index (χ1v) is 12.2. The maximum atomic E-state index is 12.8. The van der Waals surface area contributed by atoms with Gasteiger partial charge in [0.2, 0.25) is 0 Å². The summed E-state index contributed by atoms with van der Waals surface area (Å²) in [6.45, 7) is 2.03. The fourth-order valence-corrected chi connectivity index (χ4v) is 7.79. The van der Waals surface area contributed by atoms with Crippen molar-refractivity contribution in [3.05, 3.63) is 52.7 Å². The summed E-state index contributed by atoms with van der Waals surface area (Å²) < 4.78 is 12.3. The van der Waals surface area contributed by atoms with Crippen LogP contribution in [0.4, 0.5) is 0 Å². The summed E-state index contributed by atoms with van der Waals surface area (Å²) in [5, 5.41) is 24.7. The number of benzene rings is 2. The molecule has 2 fully saturated rings. The number of aromatic amines is 1. The number of phenols is 1. The van der Waals surface area contributed by atoms with E-state index < -0.39 is 11.0 Å². The van der Waals surface area contributed by atoms with Crippen LogP contribution < -0.4 is 9.47 Å². The number of hydrogen-bond donors (Lipinski definition) is 3. The number of phenolic OH excluding ortho intramolecular Hbond substituents is 1. The molecule has 170 valence electrons. The number of ether oxygens (including phenoxy) is 2. The predicted molar refractivity (Wildman–Crippen MR) is 123 cm³/mol. The molecule has 6 nitrogen and oxygen atoms in total. The summed E-state index contributed by atoms with van der Waals surface area (Å²) in [5.41, 5.74) is 3.86. The molecule has 1 aromatic heterocycles. The number of nitrogens with zero attached hydrogens (tertiary/aromatic N) is 1. The molecule has 0 unspecified atom stereocenters. The number of aliphatic hydroxyl groups is 1. The Kier molecular flexibility index (Phi) is 3.32. The van der Waals surface area contributed by atoms with Crippen LogP contribution >= 0.6 is 0 Å². The Morgan fingerprint density at radius 2 is 2.12 bits per heavy atom. The summed E-state index contributed by atoms with van der Waals surface area (Å²) in [4.78, 5) is 6.20. The van der Waals surface area contributed by atoms with Gasteiger partial charge >= 0.3 is 0 Å². The highest BCUT2D eigenvalue weighted by atomic mass is 16.5. The third-order valence-corrected chi connectivity index (χ3v) is 9.38. The fraction of sp³-hybridized carbons (Fsp3) is 0.481. The molecule has 1 saturated heterocycles. The van der Waals surface area contributed by atoms with Crippen LogP contribution in [-0.4, -0.2) is 51.9 Å². The molecular weight excluding hydrogens is 416 g/mol. The van der Waals surface area contributed by atoms with Crippen molar-refractivity contribution >= 4 is 10.9 Å². The van der Waals surface area contributed by atoms with E-state index in [1.54, 1.807) is 13.2 Å². The van der Waals surface area contributed by atoms with E-state index in [2.05, 4.69) is 22.0 Å². The van der Waals surface area contributed by atoms with Crippen molar-refractivity contribution in [1.82, 2.24) is 9.88 Å². The Morgan fingerprint density at radius 3 is 2.94 bits per heavy atom. The summed E-state index contributed by atoms with van der Waals surface area (Å²) in [6, 6.07) is 9.96. The molecular formula is C27H28N2O4. The Bertz CT molecular complexity index is 1340. The lowest BCUT2D eigenvalue weighted by Crippen LogP contribution is -2.74. The Morgan fingerprint density at radius 1 is 1.24 bits per heavy atom. The van der Waals surface area contributed by atoms with Crippen LogP contribution in [0.5, 0.6) is 17.2 Å². The SMILES string of the molecule is COc1cccc2c3c([nH]c12)[C@@H]1Oc2c(O)ccc4c2[C@@]12CCN(CC1CC1)[C@H](C4)[C@]2(O)C3. The Hall–Kier alpha value is -2.70. The fourth-order valence-electron chi connectivity index (χ4n) is 7.79. The minimum absolute atomic E-state index is 0.0460. The van der Waals surface area contributed by atoms with Crippen molar-refractivity contribution in [2.24, 2.45) is 5.92 Å². The number of piperidine rings is 1. The van der Waals surface area contributed by atoms with Gasteiger partial charge < -0.3 is 24.7 Å². The molecule has 0 amide bonds. The van der Waals surface area contributed by atoms with Crippen LogP contribution in [0.15, 0.2) is 30.3 Å². The third kappa shape index (κ3) is 2.05. The summed E-state index contributed by atoms with van der Waals surface area (Å²) in [5.74, 6) is 2.32. The number of hydrogen-bond acceptors (Lipinski definition) is 5. The maximum Gasteiger partial charge on any atom is 0.166 e. The van der Waals surface area contributed by atoms with Gasteiger partial charge in [-0.2, -0.15) is 0 Å². The van der Waals surface area contributed by atoms with E-state index >= 15 is 0 Å². The van der Waals surface area contributed by atoms with Crippen molar-refractivity contribution in [3.63, 3.8) is 0 Å². The quantitative estimate of drug-likeness (QED) is 0.576. The topological polar surface area (TPSA) is 78.0 Å². The smallest absolute Gasteiger partial charge is 0.166 e. The van der Waals surface area contributed by atoms with Gasteiger partial charge in [0.05, 0.1) is 29.3 Å². The molecule has 2 aromatic carbocycles. The van der Waals surface area contributed by atoms with Gasteiger partial charge in [-0.1, -0.05) is 18.2 Å². The van der Waals surface area contributed by atoms with Gasteiger partial charge in [-0.25, -0.2) is 0 Å². The van der Waals surface area contributed by atoms with Crippen LogP contribution in [0, 0.1) is 5.92 Å². The lowest BCUT2D eigenvalue weighted by atomic mass is 9.49. The first-order valence-electron chi connectivity index (χ1n) is 12.2. The van der Waals surface area contributed by atoms with Gasteiger partial charge in [0, 0.05) is 30.0 Å². The highest BCUT2D eigenvalue weighted by molar-refractivity contribution is 5.90. The Balaban J connectivity index is 1.42. The molecule has 3 N–H and O–H groups in total. The predicted octanol–water partition coefficient (Wildman–Crippen LogP) is 3.58. The van der Waals surface area contributed by atoms with Crippen molar-refractivity contribution in [2.75, 3.05) is 20.2 Å². The second-order valence-corrected chi connectivity index (χ2v) is 10.8. The Labute approximate surface area is 192 Å². The normalized spacial score (nSPS) is 33.5. The average molecular weight is 445 g/mol. The highest BCUT2D eigenvalue weighted by Crippen LogP contribution is 2.69. The van der Waals surface area contributed by atoms with E-state index in [1.807, 2.05) is 12.1 Å². The molecule has 3 aromatic rings. The number of methoxy groups -OCH3 is 1. The largest absolute Gasteiger partial charge is 0.504 e. The number of aromatic nitrogens is 1. The number of nitrogens with one attached hydrogen (secondary N) is 1. The molecule has 2 aliphatic heterocycles. The van der Waals surface area contributed by atoms with E-state index in [4.69, 9.17) is 9.47 Å². The summed E-state index contributed by atoms with van der Waals surface area (Å²) in [7, 11) is 1.69. The van der Waals surface area contributed by atoms with Crippen LogP contribution in [0.25, 0.3) is 10.9 Å².